The Labute approximate surface area is 172 Å². The number of aryl methyl sites for hydroxylation is 2. The van der Waals surface area contributed by atoms with Gasteiger partial charge in [0.1, 0.15) is 5.75 Å². The maximum atomic E-state index is 12.0. The van der Waals surface area contributed by atoms with Crippen LogP contribution in [0.25, 0.3) is 0 Å². The monoisotopic (exact) mass is 428 g/mol. The summed E-state index contributed by atoms with van der Waals surface area (Å²) in [7, 11) is 0. The Hall–Kier alpha value is -1.95. The van der Waals surface area contributed by atoms with Crippen LogP contribution in [-0.4, -0.2) is 31.5 Å². The topological polar surface area (TPSA) is 67.4 Å². The highest BCUT2D eigenvalue weighted by atomic mass is 35.5. The normalized spacial score (nSPS) is 10.4. The van der Waals surface area contributed by atoms with E-state index < -0.39 is 0 Å². The standard InChI is InChI=1S/C19H19Cl3N2O3/c1-11-7-14(8-12(2)18(11)22)27-10-17(25)23-5-6-24-19(26)13-3-4-15(20)16(21)9-13/h3-4,7-9H,5-6,10H2,1-2H3,(H,23,25)(H,24,26). The molecule has 0 aliphatic rings. The number of hydrogen-bond donors (Lipinski definition) is 2. The minimum absolute atomic E-state index is 0.124. The van der Waals surface area contributed by atoms with Crippen LogP contribution in [0.1, 0.15) is 21.5 Å². The molecular weight excluding hydrogens is 411 g/mol. The van der Waals surface area contributed by atoms with Crippen LogP contribution >= 0.6 is 34.8 Å². The summed E-state index contributed by atoms with van der Waals surface area (Å²) >= 11 is 17.8. The van der Waals surface area contributed by atoms with Gasteiger partial charge in [0.05, 0.1) is 10.0 Å². The zero-order valence-electron chi connectivity index (χ0n) is 14.9. The van der Waals surface area contributed by atoms with E-state index in [1.165, 1.54) is 6.07 Å². The molecule has 2 aromatic carbocycles. The van der Waals surface area contributed by atoms with Crippen LogP contribution in [-0.2, 0) is 4.79 Å². The number of amides is 2. The lowest BCUT2D eigenvalue weighted by Gasteiger charge is -2.11. The second-order valence-corrected chi connectivity index (χ2v) is 7.09. The van der Waals surface area contributed by atoms with Crippen molar-refractivity contribution in [3.05, 3.63) is 62.1 Å². The summed E-state index contributed by atoms with van der Waals surface area (Å²) in [5, 5.41) is 6.73. The second kappa shape index (κ2) is 9.83. The molecule has 0 aliphatic heterocycles. The Morgan fingerprint density at radius 2 is 1.56 bits per heavy atom. The van der Waals surface area contributed by atoms with Crippen molar-refractivity contribution in [3.8, 4) is 5.75 Å². The Balaban J connectivity index is 1.71. The zero-order valence-corrected chi connectivity index (χ0v) is 17.1. The summed E-state index contributed by atoms with van der Waals surface area (Å²) in [5.74, 6) is -0.00677. The highest BCUT2D eigenvalue weighted by Gasteiger charge is 2.09. The Bertz CT molecular complexity index is 833. The van der Waals surface area contributed by atoms with Crippen molar-refractivity contribution >= 4 is 46.6 Å². The van der Waals surface area contributed by atoms with E-state index in [1.807, 2.05) is 13.8 Å². The van der Waals surface area contributed by atoms with Crippen LogP contribution in [0.15, 0.2) is 30.3 Å². The summed E-state index contributed by atoms with van der Waals surface area (Å²) in [5.41, 5.74) is 2.17. The van der Waals surface area contributed by atoms with E-state index in [9.17, 15) is 9.59 Å². The molecule has 0 aliphatic carbocycles. The molecule has 2 amide bonds. The summed E-state index contributed by atoms with van der Waals surface area (Å²) in [4.78, 5) is 23.8. The van der Waals surface area contributed by atoms with E-state index in [0.717, 1.165) is 11.1 Å². The van der Waals surface area contributed by atoms with Crippen LogP contribution in [0.2, 0.25) is 15.1 Å². The van der Waals surface area contributed by atoms with Gasteiger partial charge in [-0.25, -0.2) is 0 Å². The van der Waals surface area contributed by atoms with E-state index in [4.69, 9.17) is 39.5 Å². The molecule has 2 rings (SSSR count). The van der Waals surface area contributed by atoms with Crippen LogP contribution in [0.3, 0.4) is 0 Å². The number of carbonyl (C=O) groups is 2. The molecule has 27 heavy (non-hydrogen) atoms. The molecule has 144 valence electrons. The summed E-state index contributed by atoms with van der Waals surface area (Å²) in [6, 6.07) is 8.17. The van der Waals surface area contributed by atoms with E-state index in [2.05, 4.69) is 10.6 Å². The smallest absolute Gasteiger partial charge is 0.258 e. The van der Waals surface area contributed by atoms with Gasteiger partial charge in [-0.3, -0.25) is 9.59 Å². The fourth-order valence-corrected chi connectivity index (χ4v) is 2.71. The fourth-order valence-electron chi connectivity index (χ4n) is 2.31. The lowest BCUT2D eigenvalue weighted by atomic mass is 10.1. The highest BCUT2D eigenvalue weighted by molar-refractivity contribution is 6.42. The van der Waals surface area contributed by atoms with Gasteiger partial charge in [-0.2, -0.15) is 0 Å². The first kappa shape index (κ1) is 21.4. The molecule has 0 heterocycles. The maximum absolute atomic E-state index is 12.0. The van der Waals surface area contributed by atoms with Gasteiger partial charge in [-0.15, -0.1) is 0 Å². The molecule has 5 nitrogen and oxygen atoms in total. The van der Waals surface area contributed by atoms with Crippen molar-refractivity contribution < 1.29 is 14.3 Å². The number of ether oxygens (including phenoxy) is 1. The molecule has 2 aromatic rings. The Morgan fingerprint density at radius 1 is 0.926 bits per heavy atom. The molecule has 8 heteroatoms. The molecule has 0 saturated heterocycles. The quantitative estimate of drug-likeness (QED) is 0.649. The summed E-state index contributed by atoms with van der Waals surface area (Å²) < 4.78 is 5.47. The summed E-state index contributed by atoms with van der Waals surface area (Å²) in [6.07, 6.45) is 0. The molecule has 0 atom stereocenters. The number of rotatable bonds is 7. The van der Waals surface area contributed by atoms with Gasteiger partial charge in [0.15, 0.2) is 6.61 Å². The Kier molecular flexibility index (Phi) is 7.78. The minimum Gasteiger partial charge on any atom is -0.484 e. The van der Waals surface area contributed by atoms with Crippen molar-refractivity contribution in [3.63, 3.8) is 0 Å². The van der Waals surface area contributed by atoms with Crippen molar-refractivity contribution in [2.45, 2.75) is 13.8 Å². The lowest BCUT2D eigenvalue weighted by molar-refractivity contribution is -0.123. The first-order valence-corrected chi connectivity index (χ1v) is 9.31. The number of halogens is 3. The number of benzene rings is 2. The average Bonchev–Trinajstić information content (AvgIpc) is 2.63. The maximum Gasteiger partial charge on any atom is 0.258 e. The highest BCUT2D eigenvalue weighted by Crippen LogP contribution is 2.25. The number of nitrogens with one attached hydrogen (secondary N) is 2. The molecule has 0 bridgehead atoms. The van der Waals surface area contributed by atoms with Crippen LogP contribution in [0.5, 0.6) is 5.75 Å². The molecule has 0 spiro atoms. The van der Waals surface area contributed by atoms with Gasteiger partial charge >= 0.3 is 0 Å². The van der Waals surface area contributed by atoms with Gasteiger partial charge in [-0.05, 0) is 55.3 Å². The molecular formula is C19H19Cl3N2O3. The van der Waals surface area contributed by atoms with E-state index >= 15 is 0 Å². The van der Waals surface area contributed by atoms with Crippen LogP contribution < -0.4 is 15.4 Å². The van der Waals surface area contributed by atoms with Gasteiger partial charge in [0.2, 0.25) is 0 Å². The molecule has 0 aromatic heterocycles. The molecule has 0 saturated carbocycles. The lowest BCUT2D eigenvalue weighted by Crippen LogP contribution is -2.36. The predicted molar refractivity (Wildman–Crippen MR) is 108 cm³/mol. The molecule has 0 fully saturated rings. The van der Waals surface area contributed by atoms with Gasteiger partial charge < -0.3 is 15.4 Å². The van der Waals surface area contributed by atoms with E-state index in [-0.39, 0.29) is 31.5 Å². The first-order valence-electron chi connectivity index (χ1n) is 8.17. The SMILES string of the molecule is Cc1cc(OCC(=O)NCCNC(=O)c2ccc(Cl)c(Cl)c2)cc(C)c1Cl. The van der Waals surface area contributed by atoms with Crippen molar-refractivity contribution in [2.75, 3.05) is 19.7 Å². The first-order chi connectivity index (χ1) is 12.8. The fraction of sp³-hybridized carbons (Fsp3) is 0.263. The Morgan fingerprint density at radius 3 is 2.19 bits per heavy atom. The van der Waals surface area contributed by atoms with Crippen LogP contribution in [0.4, 0.5) is 0 Å². The largest absolute Gasteiger partial charge is 0.484 e. The van der Waals surface area contributed by atoms with Gasteiger partial charge in [-0.1, -0.05) is 34.8 Å². The average molecular weight is 430 g/mol. The number of carbonyl (C=O) groups excluding carboxylic acids is 2. The second-order valence-electron chi connectivity index (χ2n) is 5.89. The van der Waals surface area contributed by atoms with E-state index in [1.54, 1.807) is 24.3 Å². The van der Waals surface area contributed by atoms with Crippen molar-refractivity contribution in [1.29, 1.82) is 0 Å². The third-order valence-corrected chi connectivity index (χ3v) is 5.03. The third kappa shape index (κ3) is 6.31. The van der Waals surface area contributed by atoms with Gasteiger partial charge in [0, 0.05) is 23.7 Å². The van der Waals surface area contributed by atoms with Gasteiger partial charge in [0.25, 0.3) is 11.8 Å². The van der Waals surface area contributed by atoms with Crippen molar-refractivity contribution in [1.82, 2.24) is 10.6 Å². The number of hydrogen-bond acceptors (Lipinski definition) is 3. The zero-order chi connectivity index (χ0) is 20.0. The third-order valence-electron chi connectivity index (χ3n) is 3.69. The summed E-state index contributed by atoms with van der Waals surface area (Å²) in [6.45, 7) is 4.16. The molecule has 0 radical (unpaired) electrons. The van der Waals surface area contributed by atoms with Crippen LogP contribution in [0, 0.1) is 13.8 Å². The molecule has 2 N–H and O–H groups in total. The van der Waals surface area contributed by atoms with E-state index in [0.29, 0.717) is 26.4 Å². The predicted octanol–water partition coefficient (Wildman–Crippen LogP) is 4.19. The molecule has 0 unspecified atom stereocenters. The van der Waals surface area contributed by atoms with Crippen molar-refractivity contribution in [2.24, 2.45) is 0 Å². The minimum atomic E-state index is -0.300.